The number of amides is 1. The van der Waals surface area contributed by atoms with E-state index in [2.05, 4.69) is 5.32 Å². The Kier molecular flexibility index (Phi) is 4.85. The molecule has 0 radical (unpaired) electrons. The zero-order valence-corrected chi connectivity index (χ0v) is 12.9. The van der Waals surface area contributed by atoms with Crippen LogP contribution in [-0.2, 0) is 11.3 Å². The first kappa shape index (κ1) is 15.8. The van der Waals surface area contributed by atoms with Crippen molar-refractivity contribution in [2.45, 2.75) is 32.4 Å². The van der Waals surface area contributed by atoms with Crippen LogP contribution in [0.25, 0.3) is 0 Å². The van der Waals surface area contributed by atoms with Gasteiger partial charge in [0.2, 0.25) is 5.91 Å². The number of aromatic hydroxyl groups is 1. The van der Waals surface area contributed by atoms with Crippen molar-refractivity contribution in [3.8, 4) is 5.75 Å². The highest BCUT2D eigenvalue weighted by Gasteiger charge is 2.23. The van der Waals surface area contributed by atoms with E-state index in [0.717, 1.165) is 12.8 Å². The van der Waals surface area contributed by atoms with Gasteiger partial charge in [0.15, 0.2) is 5.78 Å². The first-order valence-electron chi connectivity index (χ1n) is 6.87. The minimum absolute atomic E-state index is 0.0340. The van der Waals surface area contributed by atoms with E-state index in [0.29, 0.717) is 23.2 Å². The highest BCUT2D eigenvalue weighted by atomic mass is 35.5. The Balaban J connectivity index is 2.03. The first-order valence-corrected chi connectivity index (χ1v) is 7.25. The number of likely N-dealkylation sites (N-methyl/N-ethyl adjacent to an activating group) is 1. The molecule has 114 valence electrons. The lowest BCUT2D eigenvalue weighted by atomic mass is 10.1. The summed E-state index contributed by atoms with van der Waals surface area (Å²) in [5.41, 5.74) is 0.739. The molecule has 1 aliphatic rings. The molecule has 1 saturated carbocycles. The van der Waals surface area contributed by atoms with Gasteiger partial charge in [0.1, 0.15) is 5.75 Å². The molecule has 0 heterocycles. The maximum Gasteiger partial charge on any atom is 0.234 e. The number of nitrogens with zero attached hydrogens (tertiary/aromatic N) is 1. The van der Waals surface area contributed by atoms with Gasteiger partial charge in [-0.15, -0.1) is 0 Å². The van der Waals surface area contributed by atoms with Gasteiger partial charge >= 0.3 is 0 Å². The second kappa shape index (κ2) is 6.45. The molecule has 1 aromatic rings. The number of phenolic OH excluding ortho intramolecular Hbond substituents is 1. The van der Waals surface area contributed by atoms with Crippen molar-refractivity contribution in [1.82, 2.24) is 10.2 Å². The summed E-state index contributed by atoms with van der Waals surface area (Å²) < 4.78 is 0. The standard InChI is InChI=1S/C15H19ClN2O3/c1-9(19)13-6-11(16)5-10(15(13)21)7-18(2)8-14(20)17-12-3-4-12/h5-6,12,21H,3-4,7-8H2,1-2H3,(H,17,20). The van der Waals surface area contributed by atoms with Crippen LogP contribution in [0, 0.1) is 0 Å². The zero-order valence-electron chi connectivity index (χ0n) is 12.1. The van der Waals surface area contributed by atoms with Crippen LogP contribution >= 0.6 is 11.6 Å². The fourth-order valence-electron chi connectivity index (χ4n) is 2.14. The number of Topliss-reactive ketones (excluding diaryl/α,β-unsaturated/α-hetero) is 1. The van der Waals surface area contributed by atoms with Crippen LogP contribution < -0.4 is 5.32 Å². The van der Waals surface area contributed by atoms with E-state index < -0.39 is 0 Å². The van der Waals surface area contributed by atoms with Crippen LogP contribution in [0.1, 0.15) is 35.7 Å². The normalized spacial score (nSPS) is 14.3. The Bertz CT molecular complexity index is 570. The predicted octanol–water partition coefficient (Wildman–Crippen LogP) is 1.96. The summed E-state index contributed by atoms with van der Waals surface area (Å²) in [5, 5.41) is 13.4. The quantitative estimate of drug-likeness (QED) is 0.788. The summed E-state index contributed by atoms with van der Waals surface area (Å²) in [6, 6.07) is 3.39. The average molecular weight is 311 g/mol. The van der Waals surface area contributed by atoms with Crippen LogP contribution in [0.2, 0.25) is 5.02 Å². The summed E-state index contributed by atoms with van der Waals surface area (Å²) in [6.07, 6.45) is 2.10. The smallest absolute Gasteiger partial charge is 0.234 e. The lowest BCUT2D eigenvalue weighted by Crippen LogP contribution is -2.35. The molecule has 0 aromatic heterocycles. The molecule has 2 N–H and O–H groups in total. The van der Waals surface area contributed by atoms with Crippen molar-refractivity contribution in [3.05, 3.63) is 28.3 Å². The third-order valence-corrected chi connectivity index (χ3v) is 3.55. The van der Waals surface area contributed by atoms with Gasteiger partial charge < -0.3 is 10.4 Å². The third kappa shape index (κ3) is 4.44. The van der Waals surface area contributed by atoms with Gasteiger partial charge in [-0.3, -0.25) is 14.5 Å². The predicted molar refractivity (Wildman–Crippen MR) is 80.6 cm³/mol. The molecule has 5 nitrogen and oxygen atoms in total. The molecule has 0 aliphatic heterocycles. The molecule has 1 aliphatic carbocycles. The van der Waals surface area contributed by atoms with E-state index in [9.17, 15) is 14.7 Å². The number of phenols is 1. The second-order valence-corrected chi connectivity index (χ2v) is 5.97. The molecule has 0 saturated heterocycles. The number of hydrogen-bond acceptors (Lipinski definition) is 4. The molecule has 0 unspecified atom stereocenters. The van der Waals surface area contributed by atoms with Crippen molar-refractivity contribution in [2.24, 2.45) is 0 Å². The van der Waals surface area contributed by atoms with E-state index in [1.54, 1.807) is 18.0 Å². The molecule has 2 rings (SSSR count). The van der Waals surface area contributed by atoms with Gasteiger partial charge in [0, 0.05) is 23.2 Å². The molecule has 6 heteroatoms. The number of rotatable bonds is 6. The van der Waals surface area contributed by atoms with E-state index in [1.807, 2.05) is 0 Å². The van der Waals surface area contributed by atoms with Gasteiger partial charge in [0.05, 0.1) is 12.1 Å². The van der Waals surface area contributed by atoms with Crippen molar-refractivity contribution in [3.63, 3.8) is 0 Å². The molecular weight excluding hydrogens is 292 g/mol. The highest BCUT2D eigenvalue weighted by Crippen LogP contribution is 2.28. The Morgan fingerprint density at radius 2 is 2.10 bits per heavy atom. The number of benzene rings is 1. The van der Waals surface area contributed by atoms with Crippen molar-refractivity contribution < 1.29 is 14.7 Å². The summed E-state index contributed by atoms with van der Waals surface area (Å²) in [7, 11) is 1.78. The minimum atomic E-state index is -0.245. The van der Waals surface area contributed by atoms with E-state index >= 15 is 0 Å². The highest BCUT2D eigenvalue weighted by molar-refractivity contribution is 6.31. The molecule has 1 amide bonds. The zero-order chi connectivity index (χ0) is 15.6. The van der Waals surface area contributed by atoms with E-state index in [-0.39, 0.29) is 29.5 Å². The van der Waals surface area contributed by atoms with Crippen LogP contribution in [0.3, 0.4) is 0 Å². The van der Waals surface area contributed by atoms with Gasteiger partial charge in [0.25, 0.3) is 0 Å². The van der Waals surface area contributed by atoms with Gasteiger partial charge in [-0.2, -0.15) is 0 Å². The van der Waals surface area contributed by atoms with Crippen molar-refractivity contribution in [2.75, 3.05) is 13.6 Å². The fourth-order valence-corrected chi connectivity index (χ4v) is 2.38. The largest absolute Gasteiger partial charge is 0.507 e. The summed E-state index contributed by atoms with van der Waals surface area (Å²) >= 11 is 5.97. The number of nitrogens with one attached hydrogen (secondary N) is 1. The van der Waals surface area contributed by atoms with E-state index in [1.165, 1.54) is 13.0 Å². The van der Waals surface area contributed by atoms with Crippen LogP contribution in [0.4, 0.5) is 0 Å². The lowest BCUT2D eigenvalue weighted by Gasteiger charge is -2.18. The SMILES string of the molecule is CC(=O)c1cc(Cl)cc(CN(C)CC(=O)NC2CC2)c1O. The summed E-state index contributed by atoms with van der Waals surface area (Å²) in [6.45, 7) is 1.95. The van der Waals surface area contributed by atoms with Gasteiger partial charge in [-0.05, 0) is 38.9 Å². The summed E-state index contributed by atoms with van der Waals surface area (Å²) in [5.74, 6) is -0.347. The number of carbonyl (C=O) groups excluding carboxylic acids is 2. The topological polar surface area (TPSA) is 69.6 Å². The molecule has 1 aromatic carbocycles. The molecular formula is C15H19ClN2O3. The second-order valence-electron chi connectivity index (χ2n) is 5.53. The van der Waals surface area contributed by atoms with Crippen molar-refractivity contribution >= 4 is 23.3 Å². The van der Waals surface area contributed by atoms with Crippen LogP contribution in [0.5, 0.6) is 5.75 Å². The Morgan fingerprint density at radius 1 is 1.43 bits per heavy atom. The van der Waals surface area contributed by atoms with Crippen molar-refractivity contribution in [1.29, 1.82) is 0 Å². The van der Waals surface area contributed by atoms with Gasteiger partial charge in [-0.25, -0.2) is 0 Å². The molecule has 1 fully saturated rings. The number of ketones is 1. The first-order chi connectivity index (χ1) is 9.86. The van der Waals surface area contributed by atoms with Gasteiger partial charge in [-0.1, -0.05) is 11.6 Å². The molecule has 0 atom stereocenters. The fraction of sp³-hybridized carbons (Fsp3) is 0.467. The maximum atomic E-state index is 11.7. The Morgan fingerprint density at radius 3 is 2.67 bits per heavy atom. The molecule has 21 heavy (non-hydrogen) atoms. The summed E-state index contributed by atoms with van der Waals surface area (Å²) in [4.78, 5) is 25.0. The number of hydrogen-bond donors (Lipinski definition) is 2. The number of carbonyl (C=O) groups is 2. The van der Waals surface area contributed by atoms with E-state index in [4.69, 9.17) is 11.6 Å². The van der Waals surface area contributed by atoms with Crippen LogP contribution in [-0.4, -0.2) is 41.3 Å². The lowest BCUT2D eigenvalue weighted by molar-refractivity contribution is -0.122. The monoisotopic (exact) mass is 310 g/mol. The molecule has 0 spiro atoms. The third-order valence-electron chi connectivity index (χ3n) is 3.33. The van der Waals surface area contributed by atoms with Crippen LogP contribution in [0.15, 0.2) is 12.1 Å². The Labute approximate surface area is 128 Å². The molecule has 0 bridgehead atoms. The average Bonchev–Trinajstić information content (AvgIpc) is 3.16. The minimum Gasteiger partial charge on any atom is -0.507 e. The maximum absolute atomic E-state index is 11.7. The number of halogens is 1. The Hall–Kier alpha value is -1.59.